The SMILES string of the molecule is COC(=O)c1ncsc1CO. The fraction of sp³-hybridized carbons (Fsp3) is 0.333. The zero-order chi connectivity index (χ0) is 8.27. The quantitative estimate of drug-likeness (QED) is 0.658. The predicted molar refractivity (Wildman–Crippen MR) is 39.4 cm³/mol. The van der Waals surface area contributed by atoms with Crippen molar-refractivity contribution in [3.8, 4) is 0 Å². The predicted octanol–water partition coefficient (Wildman–Crippen LogP) is 0.422. The molecule has 11 heavy (non-hydrogen) atoms. The molecule has 1 heterocycles. The highest BCUT2D eigenvalue weighted by Gasteiger charge is 2.13. The molecule has 0 saturated carbocycles. The molecular formula is C6H7NO3S. The Balaban J connectivity index is 2.92. The maximum Gasteiger partial charge on any atom is 0.357 e. The molecular weight excluding hydrogens is 166 g/mol. The van der Waals surface area contributed by atoms with Crippen LogP contribution in [0.3, 0.4) is 0 Å². The molecule has 1 aromatic heterocycles. The number of hydrogen-bond acceptors (Lipinski definition) is 5. The van der Waals surface area contributed by atoms with Crippen molar-refractivity contribution in [1.29, 1.82) is 0 Å². The van der Waals surface area contributed by atoms with Gasteiger partial charge in [0.15, 0.2) is 5.69 Å². The molecule has 0 radical (unpaired) electrons. The van der Waals surface area contributed by atoms with E-state index in [1.165, 1.54) is 24.0 Å². The summed E-state index contributed by atoms with van der Waals surface area (Å²) in [7, 11) is 1.28. The molecule has 0 aliphatic rings. The minimum atomic E-state index is -0.504. The van der Waals surface area contributed by atoms with Crippen molar-refractivity contribution >= 4 is 17.3 Å². The Morgan fingerprint density at radius 1 is 1.91 bits per heavy atom. The Bertz CT molecular complexity index is 258. The number of carbonyl (C=O) groups excluding carboxylic acids is 1. The number of aliphatic hydroxyl groups is 1. The van der Waals surface area contributed by atoms with Crippen LogP contribution in [0.5, 0.6) is 0 Å². The summed E-state index contributed by atoms with van der Waals surface area (Å²) in [6.07, 6.45) is 0. The fourth-order valence-corrected chi connectivity index (χ4v) is 1.25. The van der Waals surface area contributed by atoms with Gasteiger partial charge in [0, 0.05) is 0 Å². The topological polar surface area (TPSA) is 59.4 Å². The van der Waals surface area contributed by atoms with Gasteiger partial charge in [-0.15, -0.1) is 11.3 Å². The number of methoxy groups -OCH3 is 1. The molecule has 1 rings (SSSR count). The summed E-state index contributed by atoms with van der Waals surface area (Å²) in [5.41, 5.74) is 1.71. The third-order valence-electron chi connectivity index (χ3n) is 1.16. The fourth-order valence-electron chi connectivity index (χ4n) is 0.646. The summed E-state index contributed by atoms with van der Waals surface area (Å²) in [5.74, 6) is -0.504. The van der Waals surface area contributed by atoms with Crippen LogP contribution in [-0.2, 0) is 11.3 Å². The molecule has 0 amide bonds. The number of aromatic nitrogens is 1. The highest BCUT2D eigenvalue weighted by atomic mass is 32.1. The lowest BCUT2D eigenvalue weighted by Crippen LogP contribution is -2.04. The van der Waals surface area contributed by atoms with Crippen molar-refractivity contribution in [2.75, 3.05) is 7.11 Å². The number of hydrogen-bond donors (Lipinski definition) is 1. The molecule has 0 aliphatic carbocycles. The number of esters is 1. The lowest BCUT2D eigenvalue weighted by atomic mass is 10.4. The van der Waals surface area contributed by atoms with Gasteiger partial charge in [0.2, 0.25) is 0 Å². The number of carbonyl (C=O) groups is 1. The van der Waals surface area contributed by atoms with E-state index >= 15 is 0 Å². The molecule has 0 spiro atoms. The van der Waals surface area contributed by atoms with Gasteiger partial charge in [-0.1, -0.05) is 0 Å². The Labute approximate surface area is 67.5 Å². The van der Waals surface area contributed by atoms with Crippen molar-refractivity contribution in [1.82, 2.24) is 4.98 Å². The summed E-state index contributed by atoms with van der Waals surface area (Å²) in [5, 5.41) is 8.71. The Hall–Kier alpha value is -0.940. The van der Waals surface area contributed by atoms with Crippen LogP contribution in [0, 0.1) is 0 Å². The van der Waals surface area contributed by atoms with Crippen LogP contribution < -0.4 is 0 Å². The van der Waals surface area contributed by atoms with Crippen LogP contribution in [0.15, 0.2) is 5.51 Å². The highest BCUT2D eigenvalue weighted by Crippen LogP contribution is 2.13. The average Bonchev–Trinajstić information content (AvgIpc) is 2.50. The van der Waals surface area contributed by atoms with Gasteiger partial charge in [-0.3, -0.25) is 0 Å². The Kier molecular flexibility index (Phi) is 2.56. The maximum absolute atomic E-state index is 10.9. The lowest BCUT2D eigenvalue weighted by Gasteiger charge is -1.95. The first-order valence-electron chi connectivity index (χ1n) is 2.91. The van der Waals surface area contributed by atoms with Crippen molar-refractivity contribution in [2.24, 2.45) is 0 Å². The van der Waals surface area contributed by atoms with E-state index in [4.69, 9.17) is 5.11 Å². The number of nitrogens with zero attached hydrogens (tertiary/aromatic N) is 1. The number of thiazole rings is 1. The first-order valence-corrected chi connectivity index (χ1v) is 3.79. The van der Waals surface area contributed by atoms with Gasteiger partial charge in [0.1, 0.15) is 0 Å². The molecule has 5 heteroatoms. The van der Waals surface area contributed by atoms with Gasteiger partial charge in [-0.2, -0.15) is 0 Å². The van der Waals surface area contributed by atoms with Gasteiger partial charge in [-0.05, 0) is 0 Å². The highest BCUT2D eigenvalue weighted by molar-refractivity contribution is 7.09. The summed E-state index contributed by atoms with van der Waals surface area (Å²) in [6.45, 7) is -0.172. The van der Waals surface area contributed by atoms with Crippen LogP contribution in [-0.4, -0.2) is 23.2 Å². The van der Waals surface area contributed by atoms with E-state index in [2.05, 4.69) is 9.72 Å². The van der Waals surface area contributed by atoms with Crippen LogP contribution in [0.25, 0.3) is 0 Å². The molecule has 0 aliphatic heterocycles. The summed E-state index contributed by atoms with van der Waals surface area (Å²) >= 11 is 1.23. The molecule has 1 aromatic rings. The molecule has 4 nitrogen and oxygen atoms in total. The van der Waals surface area contributed by atoms with E-state index in [1.54, 1.807) is 0 Å². The van der Waals surface area contributed by atoms with Crippen molar-refractivity contribution in [3.63, 3.8) is 0 Å². The molecule has 0 saturated heterocycles. The maximum atomic E-state index is 10.9. The van der Waals surface area contributed by atoms with Gasteiger partial charge in [0.25, 0.3) is 0 Å². The second-order valence-corrected chi connectivity index (χ2v) is 2.71. The second-order valence-electron chi connectivity index (χ2n) is 1.77. The second kappa shape index (κ2) is 3.45. The van der Waals surface area contributed by atoms with Crippen LogP contribution in [0.4, 0.5) is 0 Å². The molecule has 0 fully saturated rings. The molecule has 0 aromatic carbocycles. The largest absolute Gasteiger partial charge is 0.464 e. The van der Waals surface area contributed by atoms with Crippen LogP contribution in [0.1, 0.15) is 15.4 Å². The molecule has 1 N–H and O–H groups in total. The van der Waals surface area contributed by atoms with Crippen molar-refractivity contribution < 1.29 is 14.6 Å². The first kappa shape index (κ1) is 8.16. The minimum absolute atomic E-state index is 0.172. The van der Waals surface area contributed by atoms with Gasteiger partial charge >= 0.3 is 5.97 Å². The molecule has 0 unspecified atom stereocenters. The minimum Gasteiger partial charge on any atom is -0.464 e. The number of ether oxygens (including phenoxy) is 1. The third-order valence-corrected chi connectivity index (χ3v) is 1.98. The normalized spacial score (nSPS) is 9.64. The van der Waals surface area contributed by atoms with E-state index in [0.717, 1.165) is 0 Å². The van der Waals surface area contributed by atoms with E-state index < -0.39 is 5.97 Å². The Morgan fingerprint density at radius 3 is 3.18 bits per heavy atom. The zero-order valence-electron chi connectivity index (χ0n) is 5.90. The van der Waals surface area contributed by atoms with E-state index in [1.807, 2.05) is 0 Å². The van der Waals surface area contributed by atoms with E-state index in [0.29, 0.717) is 4.88 Å². The lowest BCUT2D eigenvalue weighted by molar-refractivity contribution is 0.0591. The average molecular weight is 173 g/mol. The number of aliphatic hydroxyl groups excluding tert-OH is 1. The zero-order valence-corrected chi connectivity index (χ0v) is 6.72. The smallest absolute Gasteiger partial charge is 0.357 e. The van der Waals surface area contributed by atoms with Crippen molar-refractivity contribution in [3.05, 3.63) is 16.1 Å². The van der Waals surface area contributed by atoms with Gasteiger partial charge in [0.05, 0.1) is 24.1 Å². The van der Waals surface area contributed by atoms with Crippen LogP contribution in [0.2, 0.25) is 0 Å². The summed E-state index contributed by atoms with van der Waals surface area (Å²) < 4.78 is 4.43. The van der Waals surface area contributed by atoms with Gasteiger partial charge < -0.3 is 9.84 Å². The summed E-state index contributed by atoms with van der Waals surface area (Å²) in [4.78, 5) is 15.1. The molecule has 0 atom stereocenters. The van der Waals surface area contributed by atoms with E-state index in [9.17, 15) is 4.79 Å². The first-order chi connectivity index (χ1) is 5.29. The summed E-state index contributed by atoms with van der Waals surface area (Å²) in [6, 6.07) is 0. The monoisotopic (exact) mass is 173 g/mol. The van der Waals surface area contributed by atoms with Gasteiger partial charge in [-0.25, -0.2) is 9.78 Å². The Morgan fingerprint density at radius 2 is 2.64 bits per heavy atom. The standard InChI is InChI=1S/C6H7NO3S/c1-10-6(9)5-4(2-8)11-3-7-5/h3,8H,2H2,1H3. The molecule has 0 bridgehead atoms. The third kappa shape index (κ3) is 1.55. The van der Waals surface area contributed by atoms with E-state index in [-0.39, 0.29) is 12.3 Å². The molecule has 60 valence electrons. The number of rotatable bonds is 2. The van der Waals surface area contributed by atoms with Crippen molar-refractivity contribution in [2.45, 2.75) is 6.61 Å². The van der Waals surface area contributed by atoms with Crippen LogP contribution >= 0.6 is 11.3 Å².